The van der Waals surface area contributed by atoms with Gasteiger partial charge >= 0.3 is 0 Å². The van der Waals surface area contributed by atoms with Gasteiger partial charge in [-0.1, -0.05) is 57.2 Å². The van der Waals surface area contributed by atoms with Gasteiger partial charge in [-0.3, -0.25) is 4.79 Å². The molecule has 1 aromatic carbocycles. The van der Waals surface area contributed by atoms with Crippen molar-refractivity contribution in [1.82, 2.24) is 5.32 Å². The molecule has 1 aromatic rings. The highest BCUT2D eigenvalue weighted by Crippen LogP contribution is 2.14. The number of nitrogens with two attached hydrogens (primary N) is 2. The molecule has 5 N–H and O–H groups in total. The summed E-state index contributed by atoms with van der Waals surface area (Å²) in [6.45, 7) is 9.58. The fourth-order valence-electron chi connectivity index (χ4n) is 1.67. The Morgan fingerprint density at radius 2 is 1.68 bits per heavy atom. The topological polar surface area (TPSA) is 106 Å². The number of rotatable bonds is 6. The van der Waals surface area contributed by atoms with Gasteiger partial charge in [0.25, 0.3) is 0 Å². The third kappa shape index (κ3) is 8.49. The average molecular weight is 309 g/mol. The maximum absolute atomic E-state index is 11.3. The molecular formula is C16H31N5O. The van der Waals surface area contributed by atoms with Crippen molar-refractivity contribution in [2.24, 2.45) is 21.9 Å². The quantitative estimate of drug-likeness (QED) is 0.427. The Morgan fingerprint density at radius 1 is 1.18 bits per heavy atom. The molecule has 2 atom stereocenters. The molecule has 0 aliphatic heterocycles. The summed E-state index contributed by atoms with van der Waals surface area (Å²) in [6, 6.07) is 7.42. The van der Waals surface area contributed by atoms with Gasteiger partial charge in [0.1, 0.15) is 11.9 Å². The van der Waals surface area contributed by atoms with Gasteiger partial charge in [0, 0.05) is 0 Å². The molecular weight excluding hydrogens is 278 g/mol. The predicted octanol–water partition coefficient (Wildman–Crippen LogP) is 2.74. The van der Waals surface area contributed by atoms with E-state index in [2.05, 4.69) is 15.7 Å². The molecule has 2 unspecified atom stereocenters. The summed E-state index contributed by atoms with van der Waals surface area (Å²) in [5, 5.41) is 9.79. The van der Waals surface area contributed by atoms with Crippen molar-refractivity contribution in [3.05, 3.63) is 35.4 Å². The second-order valence-electron chi connectivity index (χ2n) is 4.07. The highest BCUT2D eigenvalue weighted by Gasteiger charge is 2.12. The number of benzene rings is 1. The van der Waals surface area contributed by atoms with Crippen LogP contribution >= 0.6 is 0 Å². The molecule has 0 saturated carbocycles. The smallest absolute Gasteiger partial charge is 0.147 e. The van der Waals surface area contributed by atoms with Crippen LogP contribution in [0.1, 0.15) is 51.9 Å². The number of hydrogen-bond donors (Lipinski definition) is 3. The molecule has 0 bridgehead atoms. The highest BCUT2D eigenvalue weighted by molar-refractivity contribution is 5.81. The van der Waals surface area contributed by atoms with Gasteiger partial charge in [-0.25, -0.2) is 0 Å². The standard InChI is InChI=1S/C12H19N5O.2C2H6/c1-8(18)11(15-2)7-9-3-5-10(6-4-9)12(13)16-17-14;2*1-2/h3-6,11-12,15H,7,13H2,1-2H3,(H2,14,16);2*1-2H3. The number of nitrogens with one attached hydrogen (secondary N) is 1. The Labute approximate surface area is 134 Å². The van der Waals surface area contributed by atoms with E-state index < -0.39 is 6.17 Å². The van der Waals surface area contributed by atoms with Crippen LogP contribution in [-0.4, -0.2) is 18.9 Å². The van der Waals surface area contributed by atoms with Crippen LogP contribution < -0.4 is 16.9 Å². The molecule has 6 heteroatoms. The molecule has 0 saturated heterocycles. The van der Waals surface area contributed by atoms with Crippen LogP contribution in [0.15, 0.2) is 34.6 Å². The number of carbonyl (C=O) groups excluding carboxylic acids is 1. The minimum Gasteiger partial charge on any atom is -0.310 e. The lowest BCUT2D eigenvalue weighted by Gasteiger charge is -2.13. The van der Waals surface area contributed by atoms with Crippen molar-refractivity contribution in [3.63, 3.8) is 0 Å². The normalized spacial score (nSPS) is 12.5. The molecule has 0 aromatic heterocycles. The van der Waals surface area contributed by atoms with Crippen LogP contribution in [0.5, 0.6) is 0 Å². The van der Waals surface area contributed by atoms with Gasteiger partial charge in [0.05, 0.1) is 6.04 Å². The summed E-state index contributed by atoms with van der Waals surface area (Å²) in [7, 11) is 1.78. The van der Waals surface area contributed by atoms with E-state index in [4.69, 9.17) is 11.6 Å². The third-order valence-corrected chi connectivity index (χ3v) is 2.79. The zero-order valence-electron chi connectivity index (χ0n) is 14.6. The molecule has 6 nitrogen and oxygen atoms in total. The monoisotopic (exact) mass is 309 g/mol. The van der Waals surface area contributed by atoms with E-state index in [1.54, 1.807) is 14.0 Å². The lowest BCUT2D eigenvalue weighted by molar-refractivity contribution is -0.118. The molecule has 22 heavy (non-hydrogen) atoms. The van der Waals surface area contributed by atoms with Gasteiger partial charge in [0.15, 0.2) is 0 Å². The van der Waals surface area contributed by atoms with E-state index in [1.807, 2.05) is 52.0 Å². The summed E-state index contributed by atoms with van der Waals surface area (Å²) in [5.41, 5.74) is 7.62. The Bertz CT molecular complexity index is 417. The molecule has 0 amide bonds. The Kier molecular flexibility index (Phi) is 14.5. The zero-order chi connectivity index (χ0) is 17.5. The van der Waals surface area contributed by atoms with Crippen molar-refractivity contribution in [2.75, 3.05) is 7.05 Å². The number of nitrogens with zero attached hydrogens (tertiary/aromatic N) is 2. The van der Waals surface area contributed by atoms with Gasteiger partial charge in [0.2, 0.25) is 0 Å². The van der Waals surface area contributed by atoms with Crippen molar-refractivity contribution < 1.29 is 4.79 Å². The summed E-state index contributed by atoms with van der Waals surface area (Å²) < 4.78 is 0. The number of ketones is 1. The molecule has 0 aliphatic rings. The Morgan fingerprint density at radius 3 is 2.05 bits per heavy atom. The lowest BCUT2D eigenvalue weighted by atomic mass is 10.0. The van der Waals surface area contributed by atoms with Crippen molar-refractivity contribution >= 4 is 5.78 Å². The molecule has 126 valence electrons. The molecule has 0 fully saturated rings. The predicted molar refractivity (Wildman–Crippen MR) is 92.3 cm³/mol. The number of likely N-dealkylation sites (N-methyl/N-ethyl adjacent to an activating group) is 1. The van der Waals surface area contributed by atoms with Crippen molar-refractivity contribution in [2.45, 2.75) is 53.2 Å². The van der Waals surface area contributed by atoms with Gasteiger partial charge in [-0.2, -0.15) is 0 Å². The first-order chi connectivity index (χ1) is 10.6. The summed E-state index contributed by atoms with van der Waals surface area (Å²) in [4.78, 5) is 11.3. The fraction of sp³-hybridized carbons (Fsp3) is 0.562. The number of carbonyl (C=O) groups is 1. The Hall–Kier alpha value is -1.79. The van der Waals surface area contributed by atoms with Crippen LogP contribution in [0.4, 0.5) is 0 Å². The number of hydrogen-bond acceptors (Lipinski definition) is 5. The SMILES string of the molecule is CC.CC.CNC(Cc1ccc(C(N)/N=N\N)cc1)C(C)=O. The van der Waals surface area contributed by atoms with E-state index in [0.29, 0.717) is 6.42 Å². The first-order valence-electron chi connectivity index (χ1n) is 7.70. The maximum Gasteiger partial charge on any atom is 0.147 e. The first kappa shape index (κ1) is 22.5. The second-order valence-corrected chi connectivity index (χ2v) is 4.07. The van der Waals surface area contributed by atoms with E-state index >= 15 is 0 Å². The largest absolute Gasteiger partial charge is 0.310 e. The van der Waals surface area contributed by atoms with Crippen LogP contribution in [0.2, 0.25) is 0 Å². The summed E-state index contributed by atoms with van der Waals surface area (Å²) in [5.74, 6) is 5.07. The highest BCUT2D eigenvalue weighted by atomic mass is 16.1. The van der Waals surface area contributed by atoms with E-state index in [-0.39, 0.29) is 11.8 Å². The third-order valence-electron chi connectivity index (χ3n) is 2.79. The van der Waals surface area contributed by atoms with Crippen LogP contribution in [0.3, 0.4) is 0 Å². The summed E-state index contributed by atoms with van der Waals surface area (Å²) >= 11 is 0. The fourth-order valence-corrected chi connectivity index (χ4v) is 1.67. The first-order valence-corrected chi connectivity index (χ1v) is 7.70. The Balaban J connectivity index is 0. The van der Waals surface area contributed by atoms with E-state index in [9.17, 15) is 4.79 Å². The zero-order valence-corrected chi connectivity index (χ0v) is 14.6. The van der Waals surface area contributed by atoms with Crippen LogP contribution in [0, 0.1) is 0 Å². The summed E-state index contributed by atoms with van der Waals surface area (Å²) in [6.07, 6.45) is 0.108. The maximum atomic E-state index is 11.3. The molecule has 1 rings (SSSR count). The van der Waals surface area contributed by atoms with Crippen molar-refractivity contribution in [3.8, 4) is 0 Å². The number of Topliss-reactive ketones (excluding diaryl/α,β-unsaturated/α-hetero) is 1. The molecule has 0 radical (unpaired) electrons. The van der Waals surface area contributed by atoms with Crippen LogP contribution in [-0.2, 0) is 11.2 Å². The van der Waals surface area contributed by atoms with Gasteiger partial charge < -0.3 is 16.9 Å². The minimum absolute atomic E-state index is 0.121. The molecule has 0 spiro atoms. The van der Waals surface area contributed by atoms with Gasteiger partial charge in [-0.15, -0.1) is 5.11 Å². The van der Waals surface area contributed by atoms with E-state index in [0.717, 1.165) is 11.1 Å². The molecule has 0 aliphatic carbocycles. The molecule has 0 heterocycles. The van der Waals surface area contributed by atoms with Crippen LogP contribution in [0.25, 0.3) is 0 Å². The second kappa shape index (κ2) is 14.2. The average Bonchev–Trinajstić information content (AvgIpc) is 2.56. The van der Waals surface area contributed by atoms with Crippen molar-refractivity contribution in [1.29, 1.82) is 0 Å². The lowest BCUT2D eigenvalue weighted by Crippen LogP contribution is -2.34. The minimum atomic E-state index is -0.544. The van der Waals surface area contributed by atoms with Gasteiger partial charge in [-0.05, 0) is 31.5 Å². The van der Waals surface area contributed by atoms with E-state index in [1.165, 1.54) is 0 Å².